The third-order valence-electron chi connectivity index (χ3n) is 5.03. The van der Waals surface area contributed by atoms with E-state index in [9.17, 15) is 9.70 Å². The van der Waals surface area contributed by atoms with Crippen LogP contribution in [0.5, 0.6) is 0 Å². The SMILES string of the molecule is O=NC1C2CC=CCC2C(=O)C2CCCCC21. The van der Waals surface area contributed by atoms with E-state index in [0.717, 1.165) is 38.5 Å². The lowest BCUT2D eigenvalue weighted by atomic mass is 9.58. The number of nitrogens with zero attached hydrogens (tertiary/aromatic N) is 1. The van der Waals surface area contributed by atoms with Crippen molar-refractivity contribution in [2.75, 3.05) is 0 Å². The predicted molar refractivity (Wildman–Crippen MR) is 65.4 cm³/mol. The molecule has 0 aromatic heterocycles. The normalized spacial score (nSPS) is 44.9. The number of ketones is 1. The summed E-state index contributed by atoms with van der Waals surface area (Å²) in [5.74, 6) is 1.11. The zero-order valence-corrected chi connectivity index (χ0v) is 10.0. The maximum absolute atomic E-state index is 12.5. The van der Waals surface area contributed by atoms with Crippen LogP contribution in [0.1, 0.15) is 38.5 Å². The number of fused-ring (bicyclic) bond motifs is 2. The zero-order chi connectivity index (χ0) is 11.8. The standard InChI is InChI=1S/C14H19NO2/c16-14-11-7-3-1-5-9(11)13(15-17)10-6-2-4-8-12(10)14/h1,3,9-13H,2,4-8H2. The van der Waals surface area contributed by atoms with E-state index < -0.39 is 0 Å². The lowest BCUT2D eigenvalue weighted by Gasteiger charge is -2.46. The first-order valence-corrected chi connectivity index (χ1v) is 6.84. The monoisotopic (exact) mass is 233 g/mol. The van der Waals surface area contributed by atoms with Crippen molar-refractivity contribution in [1.29, 1.82) is 0 Å². The molecule has 0 radical (unpaired) electrons. The van der Waals surface area contributed by atoms with Crippen LogP contribution >= 0.6 is 0 Å². The highest BCUT2D eigenvalue weighted by Gasteiger charge is 2.50. The first kappa shape index (κ1) is 11.1. The number of carbonyl (C=O) groups excluding carboxylic acids is 1. The van der Waals surface area contributed by atoms with Gasteiger partial charge in [0.1, 0.15) is 5.78 Å². The molecule has 5 unspecified atom stereocenters. The molecule has 5 atom stereocenters. The molecule has 2 fully saturated rings. The highest BCUT2D eigenvalue weighted by Crippen LogP contribution is 2.48. The molecule has 0 aliphatic heterocycles. The highest BCUT2D eigenvalue weighted by molar-refractivity contribution is 5.85. The third kappa shape index (κ3) is 1.67. The van der Waals surface area contributed by atoms with Gasteiger partial charge in [-0.3, -0.25) is 4.79 Å². The Morgan fingerprint density at radius 2 is 1.76 bits per heavy atom. The Morgan fingerprint density at radius 3 is 2.59 bits per heavy atom. The summed E-state index contributed by atoms with van der Waals surface area (Å²) in [7, 11) is 0. The summed E-state index contributed by atoms with van der Waals surface area (Å²) in [6.45, 7) is 0. The van der Waals surface area contributed by atoms with Gasteiger partial charge in [-0.2, -0.15) is 4.91 Å². The number of hydrogen-bond acceptors (Lipinski definition) is 3. The molecule has 0 amide bonds. The van der Waals surface area contributed by atoms with Crippen molar-refractivity contribution >= 4 is 5.78 Å². The van der Waals surface area contributed by atoms with Gasteiger partial charge in [-0.25, -0.2) is 0 Å². The fourth-order valence-electron chi connectivity index (χ4n) is 4.21. The maximum Gasteiger partial charge on any atom is 0.140 e. The van der Waals surface area contributed by atoms with Gasteiger partial charge in [0.2, 0.25) is 0 Å². The minimum Gasteiger partial charge on any atom is -0.299 e. The molecule has 0 spiro atoms. The Balaban J connectivity index is 1.94. The van der Waals surface area contributed by atoms with Gasteiger partial charge in [0, 0.05) is 11.8 Å². The van der Waals surface area contributed by atoms with Gasteiger partial charge < -0.3 is 0 Å². The molecule has 0 aromatic carbocycles. The van der Waals surface area contributed by atoms with E-state index in [-0.39, 0.29) is 29.7 Å². The van der Waals surface area contributed by atoms with Gasteiger partial charge in [0.15, 0.2) is 0 Å². The first-order chi connectivity index (χ1) is 8.33. The lowest BCUT2D eigenvalue weighted by Crippen LogP contribution is -2.50. The van der Waals surface area contributed by atoms with Crippen LogP contribution in [-0.2, 0) is 4.79 Å². The number of allylic oxidation sites excluding steroid dienone is 2. The molecular formula is C14H19NO2. The van der Waals surface area contributed by atoms with Gasteiger partial charge in [-0.1, -0.05) is 30.2 Å². The van der Waals surface area contributed by atoms with Gasteiger partial charge >= 0.3 is 0 Å². The van der Waals surface area contributed by atoms with Crippen molar-refractivity contribution < 1.29 is 4.79 Å². The number of carbonyl (C=O) groups is 1. The van der Waals surface area contributed by atoms with Crippen molar-refractivity contribution in [2.24, 2.45) is 28.8 Å². The molecule has 3 heteroatoms. The summed E-state index contributed by atoms with van der Waals surface area (Å²) in [4.78, 5) is 23.7. The molecule has 3 aliphatic carbocycles. The van der Waals surface area contributed by atoms with E-state index >= 15 is 0 Å². The number of hydrogen-bond donors (Lipinski definition) is 0. The summed E-state index contributed by atoms with van der Waals surface area (Å²) >= 11 is 0. The lowest BCUT2D eigenvalue weighted by molar-refractivity contribution is -0.137. The largest absolute Gasteiger partial charge is 0.299 e. The molecule has 0 N–H and O–H groups in total. The highest BCUT2D eigenvalue weighted by atomic mass is 16.3. The molecule has 92 valence electrons. The maximum atomic E-state index is 12.5. The average molecular weight is 233 g/mol. The number of nitroso groups, excluding NO2 is 1. The molecule has 3 nitrogen and oxygen atoms in total. The van der Waals surface area contributed by atoms with E-state index in [1.807, 2.05) is 0 Å². The smallest absolute Gasteiger partial charge is 0.140 e. The fraction of sp³-hybridized carbons (Fsp3) is 0.786. The molecule has 17 heavy (non-hydrogen) atoms. The third-order valence-corrected chi connectivity index (χ3v) is 5.03. The molecule has 0 heterocycles. The molecule has 0 aromatic rings. The number of rotatable bonds is 1. The molecule has 3 rings (SSSR count). The summed E-state index contributed by atoms with van der Waals surface area (Å²) in [5, 5.41) is 3.41. The van der Waals surface area contributed by atoms with Gasteiger partial charge in [0.05, 0.1) is 6.04 Å². The van der Waals surface area contributed by atoms with Crippen LogP contribution < -0.4 is 0 Å². The van der Waals surface area contributed by atoms with Crippen molar-refractivity contribution in [3.63, 3.8) is 0 Å². The van der Waals surface area contributed by atoms with Crippen molar-refractivity contribution in [2.45, 2.75) is 44.6 Å². The second kappa shape index (κ2) is 4.35. The molecule has 0 bridgehead atoms. The Labute approximate surface area is 102 Å². The van der Waals surface area contributed by atoms with E-state index in [1.54, 1.807) is 0 Å². The van der Waals surface area contributed by atoms with E-state index in [0.29, 0.717) is 5.78 Å². The van der Waals surface area contributed by atoms with Gasteiger partial charge in [-0.05, 0) is 37.5 Å². The van der Waals surface area contributed by atoms with Crippen LogP contribution in [0.4, 0.5) is 0 Å². The van der Waals surface area contributed by atoms with Crippen LogP contribution in [-0.4, -0.2) is 11.8 Å². The second-order valence-corrected chi connectivity index (χ2v) is 5.77. The van der Waals surface area contributed by atoms with Crippen molar-refractivity contribution in [3.05, 3.63) is 17.1 Å². The van der Waals surface area contributed by atoms with Crippen LogP contribution in [0.2, 0.25) is 0 Å². The molecular weight excluding hydrogens is 214 g/mol. The Kier molecular flexibility index (Phi) is 2.85. The zero-order valence-electron chi connectivity index (χ0n) is 10.0. The quantitative estimate of drug-likeness (QED) is 0.516. The van der Waals surface area contributed by atoms with E-state index in [1.165, 1.54) is 0 Å². The van der Waals surface area contributed by atoms with Crippen LogP contribution in [0.25, 0.3) is 0 Å². The predicted octanol–water partition coefficient (Wildman–Crippen LogP) is 3.09. The summed E-state index contributed by atoms with van der Waals surface area (Å²) < 4.78 is 0. The fourth-order valence-corrected chi connectivity index (χ4v) is 4.21. The Hall–Kier alpha value is -0.990. The first-order valence-electron chi connectivity index (χ1n) is 6.84. The van der Waals surface area contributed by atoms with E-state index in [2.05, 4.69) is 17.3 Å². The Morgan fingerprint density at radius 1 is 1.00 bits per heavy atom. The average Bonchev–Trinajstić information content (AvgIpc) is 2.40. The second-order valence-electron chi connectivity index (χ2n) is 5.77. The summed E-state index contributed by atoms with van der Waals surface area (Å²) in [6.07, 6.45) is 10.2. The van der Waals surface area contributed by atoms with E-state index in [4.69, 9.17) is 0 Å². The topological polar surface area (TPSA) is 46.5 Å². The molecule has 2 saturated carbocycles. The van der Waals surface area contributed by atoms with Crippen molar-refractivity contribution in [3.8, 4) is 0 Å². The van der Waals surface area contributed by atoms with Crippen LogP contribution in [0.3, 0.4) is 0 Å². The minimum absolute atomic E-state index is 0.0852. The van der Waals surface area contributed by atoms with Crippen molar-refractivity contribution in [1.82, 2.24) is 0 Å². The van der Waals surface area contributed by atoms with Crippen LogP contribution in [0, 0.1) is 28.6 Å². The summed E-state index contributed by atoms with van der Waals surface area (Å²) in [5.41, 5.74) is 0. The Bertz CT molecular complexity index is 363. The minimum atomic E-state index is -0.104. The van der Waals surface area contributed by atoms with Crippen LogP contribution in [0.15, 0.2) is 17.3 Å². The molecule has 3 aliphatic rings. The van der Waals surface area contributed by atoms with Gasteiger partial charge in [0.25, 0.3) is 0 Å². The summed E-state index contributed by atoms with van der Waals surface area (Å²) in [6, 6.07) is -0.104. The van der Waals surface area contributed by atoms with Gasteiger partial charge in [-0.15, -0.1) is 0 Å². The number of Topliss-reactive ketones (excluding diaryl/α,β-unsaturated/α-hetero) is 1. The molecule has 0 saturated heterocycles.